The van der Waals surface area contributed by atoms with Crippen molar-refractivity contribution in [3.63, 3.8) is 0 Å². The highest BCUT2D eigenvalue weighted by atomic mass is 32.1. The summed E-state index contributed by atoms with van der Waals surface area (Å²) in [6.45, 7) is 6.33. The molecule has 2 rings (SSSR count). The Morgan fingerprint density at radius 1 is 1.40 bits per heavy atom. The standard InChI is InChI=1S/C11H15N3S/c1-11(2,3)14-7-8(12)10(13-14)9-5-4-6-15-9/h4-7H,12H2,1-3H3. The van der Waals surface area contributed by atoms with E-state index in [4.69, 9.17) is 5.73 Å². The van der Waals surface area contributed by atoms with Crippen LogP contribution in [0.2, 0.25) is 0 Å². The summed E-state index contributed by atoms with van der Waals surface area (Å²) in [5.41, 5.74) is 7.56. The fraction of sp³-hybridized carbons (Fsp3) is 0.364. The van der Waals surface area contributed by atoms with Crippen LogP contribution >= 0.6 is 11.3 Å². The number of nitrogens with two attached hydrogens (primary N) is 1. The third-order valence-corrected chi connectivity index (χ3v) is 3.06. The van der Waals surface area contributed by atoms with E-state index in [0.717, 1.165) is 16.3 Å². The Balaban J connectivity index is 2.47. The smallest absolute Gasteiger partial charge is 0.125 e. The van der Waals surface area contributed by atoms with E-state index in [1.807, 2.05) is 28.4 Å². The van der Waals surface area contributed by atoms with Crippen LogP contribution in [-0.4, -0.2) is 9.78 Å². The monoisotopic (exact) mass is 221 g/mol. The van der Waals surface area contributed by atoms with E-state index in [2.05, 4.69) is 25.9 Å². The Morgan fingerprint density at radius 3 is 2.60 bits per heavy atom. The Hall–Kier alpha value is -1.29. The highest BCUT2D eigenvalue weighted by Crippen LogP contribution is 2.29. The first-order valence-corrected chi connectivity index (χ1v) is 5.76. The molecule has 0 amide bonds. The molecule has 0 saturated heterocycles. The molecule has 0 aliphatic heterocycles. The average Bonchev–Trinajstić information content (AvgIpc) is 2.69. The summed E-state index contributed by atoms with van der Waals surface area (Å²) in [6.07, 6.45) is 1.90. The van der Waals surface area contributed by atoms with E-state index in [1.54, 1.807) is 11.3 Å². The highest BCUT2D eigenvalue weighted by Gasteiger charge is 2.17. The van der Waals surface area contributed by atoms with Crippen LogP contribution in [0.15, 0.2) is 23.7 Å². The molecule has 0 radical (unpaired) electrons. The zero-order valence-corrected chi connectivity index (χ0v) is 10.0. The van der Waals surface area contributed by atoms with Crippen molar-refractivity contribution in [2.24, 2.45) is 0 Å². The molecule has 3 nitrogen and oxygen atoms in total. The highest BCUT2D eigenvalue weighted by molar-refractivity contribution is 7.13. The van der Waals surface area contributed by atoms with Gasteiger partial charge in [0.25, 0.3) is 0 Å². The lowest BCUT2D eigenvalue weighted by atomic mass is 10.1. The number of nitrogen functional groups attached to an aromatic ring is 1. The third-order valence-electron chi connectivity index (χ3n) is 2.18. The SMILES string of the molecule is CC(C)(C)n1cc(N)c(-c2cccs2)n1. The van der Waals surface area contributed by atoms with Gasteiger partial charge in [0.2, 0.25) is 0 Å². The van der Waals surface area contributed by atoms with Crippen LogP contribution in [0.1, 0.15) is 20.8 Å². The minimum atomic E-state index is -0.0242. The van der Waals surface area contributed by atoms with Gasteiger partial charge in [-0.3, -0.25) is 4.68 Å². The van der Waals surface area contributed by atoms with E-state index < -0.39 is 0 Å². The molecule has 0 atom stereocenters. The van der Waals surface area contributed by atoms with Crippen LogP contribution < -0.4 is 5.73 Å². The lowest BCUT2D eigenvalue weighted by Gasteiger charge is -2.18. The predicted molar refractivity (Wildman–Crippen MR) is 64.9 cm³/mol. The second-order valence-corrected chi connectivity index (χ2v) is 5.47. The van der Waals surface area contributed by atoms with Crippen LogP contribution in [0.25, 0.3) is 10.6 Å². The van der Waals surface area contributed by atoms with E-state index in [9.17, 15) is 0 Å². The van der Waals surface area contributed by atoms with Gasteiger partial charge in [0, 0.05) is 6.20 Å². The first kappa shape index (κ1) is 10.2. The van der Waals surface area contributed by atoms with Gasteiger partial charge in [0.05, 0.1) is 16.1 Å². The summed E-state index contributed by atoms with van der Waals surface area (Å²) < 4.78 is 1.91. The number of thiophene rings is 1. The molecule has 2 heterocycles. The molecule has 0 aliphatic carbocycles. The van der Waals surface area contributed by atoms with Gasteiger partial charge in [-0.1, -0.05) is 6.07 Å². The summed E-state index contributed by atoms with van der Waals surface area (Å²) in [5, 5.41) is 6.56. The number of nitrogens with zero attached hydrogens (tertiary/aromatic N) is 2. The number of hydrogen-bond acceptors (Lipinski definition) is 3. The quantitative estimate of drug-likeness (QED) is 0.804. The topological polar surface area (TPSA) is 43.8 Å². The van der Waals surface area contributed by atoms with Crippen LogP contribution in [0.4, 0.5) is 5.69 Å². The van der Waals surface area contributed by atoms with Crippen LogP contribution in [0.5, 0.6) is 0 Å². The van der Waals surface area contributed by atoms with Crippen molar-refractivity contribution in [2.45, 2.75) is 26.3 Å². The average molecular weight is 221 g/mol. The molecule has 4 heteroatoms. The van der Waals surface area contributed by atoms with E-state index >= 15 is 0 Å². The predicted octanol–water partition coefficient (Wildman–Crippen LogP) is 2.95. The Bertz CT molecular complexity index is 449. The normalized spacial score (nSPS) is 11.9. The first-order valence-electron chi connectivity index (χ1n) is 4.88. The maximum Gasteiger partial charge on any atom is 0.125 e. The van der Waals surface area contributed by atoms with Crippen molar-refractivity contribution >= 4 is 17.0 Å². The van der Waals surface area contributed by atoms with Crippen molar-refractivity contribution < 1.29 is 0 Å². The molecule has 0 saturated carbocycles. The fourth-order valence-electron chi connectivity index (χ4n) is 1.34. The van der Waals surface area contributed by atoms with Crippen molar-refractivity contribution in [1.29, 1.82) is 0 Å². The van der Waals surface area contributed by atoms with E-state index in [-0.39, 0.29) is 5.54 Å². The molecule has 0 unspecified atom stereocenters. The largest absolute Gasteiger partial charge is 0.396 e. The van der Waals surface area contributed by atoms with E-state index in [0.29, 0.717) is 0 Å². The zero-order valence-electron chi connectivity index (χ0n) is 9.19. The minimum Gasteiger partial charge on any atom is -0.396 e. The van der Waals surface area contributed by atoms with Gasteiger partial charge in [-0.2, -0.15) is 5.10 Å². The lowest BCUT2D eigenvalue weighted by Crippen LogP contribution is -2.22. The summed E-state index contributed by atoms with van der Waals surface area (Å²) in [6, 6.07) is 4.05. The molecule has 15 heavy (non-hydrogen) atoms. The summed E-state index contributed by atoms with van der Waals surface area (Å²) >= 11 is 1.66. The number of anilines is 1. The van der Waals surface area contributed by atoms with Crippen LogP contribution in [-0.2, 0) is 5.54 Å². The van der Waals surface area contributed by atoms with Crippen LogP contribution in [0, 0.1) is 0 Å². The minimum absolute atomic E-state index is 0.0242. The molecule has 2 aromatic rings. The van der Waals surface area contributed by atoms with Crippen molar-refractivity contribution in [3.8, 4) is 10.6 Å². The van der Waals surface area contributed by atoms with Gasteiger partial charge >= 0.3 is 0 Å². The maximum atomic E-state index is 5.95. The number of rotatable bonds is 1. The summed E-state index contributed by atoms with van der Waals surface area (Å²) in [4.78, 5) is 1.12. The Kier molecular flexibility index (Phi) is 2.31. The fourth-order valence-corrected chi connectivity index (χ4v) is 2.07. The molecule has 80 valence electrons. The second kappa shape index (κ2) is 3.38. The molecule has 2 N–H and O–H groups in total. The maximum absolute atomic E-state index is 5.95. The van der Waals surface area contributed by atoms with Gasteiger partial charge in [0.1, 0.15) is 5.69 Å². The molecule has 0 aromatic carbocycles. The van der Waals surface area contributed by atoms with Gasteiger partial charge < -0.3 is 5.73 Å². The van der Waals surface area contributed by atoms with Crippen molar-refractivity contribution in [2.75, 3.05) is 5.73 Å². The Morgan fingerprint density at radius 2 is 2.13 bits per heavy atom. The van der Waals surface area contributed by atoms with E-state index in [1.165, 1.54) is 0 Å². The Labute approximate surface area is 93.5 Å². The number of hydrogen-bond donors (Lipinski definition) is 1. The molecule has 0 bridgehead atoms. The van der Waals surface area contributed by atoms with Crippen molar-refractivity contribution in [3.05, 3.63) is 23.7 Å². The molecular weight excluding hydrogens is 206 g/mol. The third kappa shape index (κ3) is 1.90. The zero-order chi connectivity index (χ0) is 11.1. The number of aromatic nitrogens is 2. The van der Waals surface area contributed by atoms with Gasteiger partial charge in [-0.25, -0.2) is 0 Å². The van der Waals surface area contributed by atoms with Crippen molar-refractivity contribution in [1.82, 2.24) is 9.78 Å². The molecular formula is C11H15N3S. The van der Waals surface area contributed by atoms with Gasteiger partial charge in [-0.15, -0.1) is 11.3 Å². The molecule has 0 fully saturated rings. The lowest BCUT2D eigenvalue weighted by molar-refractivity contribution is 0.356. The molecule has 2 aromatic heterocycles. The van der Waals surface area contributed by atoms with Gasteiger partial charge in [-0.05, 0) is 32.2 Å². The van der Waals surface area contributed by atoms with Gasteiger partial charge in [0.15, 0.2) is 0 Å². The summed E-state index contributed by atoms with van der Waals surface area (Å²) in [7, 11) is 0. The van der Waals surface area contributed by atoms with Crippen LogP contribution in [0.3, 0.4) is 0 Å². The second-order valence-electron chi connectivity index (χ2n) is 4.53. The first-order chi connectivity index (χ1) is 6.98. The molecule has 0 aliphatic rings. The molecule has 0 spiro atoms. The summed E-state index contributed by atoms with van der Waals surface area (Å²) in [5.74, 6) is 0.